The molecule has 2 nitrogen and oxygen atoms in total. The maximum Gasteiger partial charge on any atom is 0.0931 e. The predicted molar refractivity (Wildman–Crippen MR) is 66.6 cm³/mol. The van der Waals surface area contributed by atoms with Crippen LogP contribution < -0.4 is 5.73 Å². The lowest BCUT2D eigenvalue weighted by Crippen LogP contribution is -2.40. The molecule has 15 heavy (non-hydrogen) atoms. The van der Waals surface area contributed by atoms with E-state index in [1.54, 1.807) is 0 Å². The highest BCUT2D eigenvalue weighted by atomic mass is 35.5. The van der Waals surface area contributed by atoms with E-state index >= 15 is 0 Å². The standard InChI is InChI=1S/C11H18ClNOS/c1-4-11(3,14-5-2)10(13)8-6-7-9(12)15-8/h6-7,10H,4-5,13H2,1-3H3. The lowest BCUT2D eigenvalue weighted by Gasteiger charge is -2.33. The van der Waals surface area contributed by atoms with Gasteiger partial charge in [-0.25, -0.2) is 0 Å². The maximum atomic E-state index is 6.21. The third kappa shape index (κ3) is 2.94. The van der Waals surface area contributed by atoms with Crippen molar-refractivity contribution >= 4 is 22.9 Å². The van der Waals surface area contributed by atoms with Gasteiger partial charge in [0.05, 0.1) is 16.0 Å². The van der Waals surface area contributed by atoms with Crippen LogP contribution in [0.15, 0.2) is 12.1 Å². The van der Waals surface area contributed by atoms with Gasteiger partial charge in [0.2, 0.25) is 0 Å². The van der Waals surface area contributed by atoms with Crippen LogP contribution in [-0.4, -0.2) is 12.2 Å². The van der Waals surface area contributed by atoms with E-state index in [9.17, 15) is 0 Å². The van der Waals surface area contributed by atoms with Crippen LogP contribution in [0.1, 0.15) is 38.1 Å². The Morgan fingerprint density at radius 2 is 2.20 bits per heavy atom. The lowest BCUT2D eigenvalue weighted by atomic mass is 9.92. The summed E-state index contributed by atoms with van der Waals surface area (Å²) in [4.78, 5) is 1.08. The highest BCUT2D eigenvalue weighted by molar-refractivity contribution is 7.16. The van der Waals surface area contributed by atoms with Crippen molar-refractivity contribution in [3.8, 4) is 0 Å². The number of hydrogen-bond donors (Lipinski definition) is 1. The van der Waals surface area contributed by atoms with Crippen LogP contribution in [0.5, 0.6) is 0 Å². The minimum absolute atomic E-state index is 0.111. The Labute approximate surface area is 100 Å². The molecule has 0 bridgehead atoms. The summed E-state index contributed by atoms with van der Waals surface area (Å²) in [5, 5.41) is 0. The molecule has 1 aromatic rings. The second-order valence-electron chi connectivity index (χ2n) is 3.72. The molecule has 1 rings (SSSR count). The molecular weight excluding hydrogens is 230 g/mol. The molecule has 2 N–H and O–H groups in total. The van der Waals surface area contributed by atoms with E-state index in [0.717, 1.165) is 15.6 Å². The normalized spacial score (nSPS) is 17.4. The second-order valence-corrected chi connectivity index (χ2v) is 5.47. The topological polar surface area (TPSA) is 35.2 Å². The van der Waals surface area contributed by atoms with Gasteiger partial charge < -0.3 is 10.5 Å². The van der Waals surface area contributed by atoms with Gasteiger partial charge in [0, 0.05) is 11.5 Å². The van der Waals surface area contributed by atoms with E-state index in [1.165, 1.54) is 11.3 Å². The van der Waals surface area contributed by atoms with Gasteiger partial charge in [0.15, 0.2) is 0 Å². The molecular formula is C11H18ClNOS. The van der Waals surface area contributed by atoms with Gasteiger partial charge in [-0.2, -0.15) is 0 Å². The van der Waals surface area contributed by atoms with Crippen LogP contribution >= 0.6 is 22.9 Å². The SMILES string of the molecule is CCOC(C)(CC)C(N)c1ccc(Cl)s1. The third-order valence-corrected chi connectivity index (χ3v) is 4.05. The molecule has 4 heteroatoms. The quantitative estimate of drug-likeness (QED) is 0.863. The van der Waals surface area contributed by atoms with Gasteiger partial charge in [0.1, 0.15) is 0 Å². The molecule has 1 heterocycles. The van der Waals surface area contributed by atoms with E-state index < -0.39 is 0 Å². The molecule has 0 fully saturated rings. The Balaban J connectivity index is 2.85. The first-order valence-electron chi connectivity index (χ1n) is 5.18. The molecule has 2 unspecified atom stereocenters. The number of halogens is 1. The molecule has 0 aliphatic heterocycles. The van der Waals surface area contributed by atoms with E-state index in [4.69, 9.17) is 22.1 Å². The zero-order valence-corrected chi connectivity index (χ0v) is 11.0. The summed E-state index contributed by atoms with van der Waals surface area (Å²) in [5.74, 6) is 0. The molecule has 0 radical (unpaired) electrons. The Morgan fingerprint density at radius 3 is 2.60 bits per heavy atom. The van der Waals surface area contributed by atoms with Gasteiger partial charge in [0.25, 0.3) is 0 Å². The summed E-state index contributed by atoms with van der Waals surface area (Å²) in [6.45, 7) is 6.80. The fourth-order valence-corrected chi connectivity index (χ4v) is 2.74. The van der Waals surface area contributed by atoms with Crippen molar-refractivity contribution in [3.05, 3.63) is 21.3 Å². The molecule has 0 aliphatic carbocycles. The predicted octanol–water partition coefficient (Wildman–Crippen LogP) is 3.61. The third-order valence-electron chi connectivity index (χ3n) is 2.73. The highest BCUT2D eigenvalue weighted by Crippen LogP contribution is 2.35. The second kappa shape index (κ2) is 5.30. The van der Waals surface area contributed by atoms with Crippen LogP contribution in [0.4, 0.5) is 0 Å². The lowest BCUT2D eigenvalue weighted by molar-refractivity contribution is -0.0465. The largest absolute Gasteiger partial charge is 0.374 e. The monoisotopic (exact) mass is 247 g/mol. The van der Waals surface area contributed by atoms with Crippen LogP contribution in [0.2, 0.25) is 4.34 Å². The van der Waals surface area contributed by atoms with Gasteiger partial charge in [-0.1, -0.05) is 18.5 Å². The maximum absolute atomic E-state index is 6.21. The Hall–Kier alpha value is -0.0900. The van der Waals surface area contributed by atoms with E-state index in [1.807, 2.05) is 19.1 Å². The van der Waals surface area contributed by atoms with Crippen molar-refractivity contribution in [1.82, 2.24) is 0 Å². The number of ether oxygens (including phenoxy) is 1. The van der Waals surface area contributed by atoms with E-state index in [2.05, 4.69) is 13.8 Å². The Morgan fingerprint density at radius 1 is 1.53 bits per heavy atom. The van der Waals surface area contributed by atoms with Crippen molar-refractivity contribution in [2.45, 2.75) is 38.8 Å². The minimum Gasteiger partial charge on any atom is -0.374 e. The summed E-state index contributed by atoms with van der Waals surface area (Å²) < 4.78 is 6.52. The van der Waals surface area contributed by atoms with Crippen molar-refractivity contribution in [2.75, 3.05) is 6.61 Å². The fraction of sp³-hybridized carbons (Fsp3) is 0.636. The van der Waals surface area contributed by atoms with Crippen LogP contribution in [0.3, 0.4) is 0 Å². The average molecular weight is 248 g/mol. The van der Waals surface area contributed by atoms with E-state index in [0.29, 0.717) is 6.61 Å². The molecule has 2 atom stereocenters. The fourth-order valence-electron chi connectivity index (χ4n) is 1.54. The minimum atomic E-state index is -0.303. The molecule has 0 spiro atoms. The van der Waals surface area contributed by atoms with Crippen LogP contribution in [-0.2, 0) is 4.74 Å². The van der Waals surface area contributed by atoms with Crippen molar-refractivity contribution in [3.63, 3.8) is 0 Å². The molecule has 0 aliphatic rings. The van der Waals surface area contributed by atoms with Crippen molar-refractivity contribution < 1.29 is 4.74 Å². The van der Waals surface area contributed by atoms with Crippen LogP contribution in [0.25, 0.3) is 0 Å². The summed E-state index contributed by atoms with van der Waals surface area (Å²) in [5.41, 5.74) is 5.91. The molecule has 0 amide bonds. The number of hydrogen-bond acceptors (Lipinski definition) is 3. The van der Waals surface area contributed by atoms with Gasteiger partial charge in [-0.05, 0) is 32.4 Å². The number of nitrogens with two attached hydrogens (primary N) is 1. The Bertz CT molecular complexity index is 315. The summed E-state index contributed by atoms with van der Waals surface area (Å²) in [6, 6.07) is 3.74. The van der Waals surface area contributed by atoms with Crippen LogP contribution in [0, 0.1) is 0 Å². The van der Waals surface area contributed by atoms with Crippen molar-refractivity contribution in [1.29, 1.82) is 0 Å². The molecule has 1 aromatic heterocycles. The summed E-state index contributed by atoms with van der Waals surface area (Å²) in [6.07, 6.45) is 0.886. The zero-order valence-electron chi connectivity index (χ0n) is 9.42. The molecule has 86 valence electrons. The summed E-state index contributed by atoms with van der Waals surface area (Å²) in [7, 11) is 0. The van der Waals surface area contributed by atoms with Gasteiger partial charge in [-0.15, -0.1) is 11.3 Å². The first-order chi connectivity index (χ1) is 7.03. The number of rotatable bonds is 5. The van der Waals surface area contributed by atoms with Gasteiger partial charge in [-0.3, -0.25) is 0 Å². The molecule has 0 aromatic carbocycles. The molecule has 0 saturated carbocycles. The van der Waals surface area contributed by atoms with E-state index in [-0.39, 0.29) is 11.6 Å². The average Bonchev–Trinajstić information content (AvgIpc) is 2.64. The first-order valence-corrected chi connectivity index (χ1v) is 6.37. The number of thiophene rings is 1. The Kier molecular flexibility index (Phi) is 4.59. The van der Waals surface area contributed by atoms with Gasteiger partial charge >= 0.3 is 0 Å². The highest BCUT2D eigenvalue weighted by Gasteiger charge is 2.32. The zero-order chi connectivity index (χ0) is 11.5. The first kappa shape index (κ1) is 13.0. The molecule has 0 saturated heterocycles. The van der Waals surface area contributed by atoms with Crippen molar-refractivity contribution in [2.24, 2.45) is 5.73 Å². The smallest absolute Gasteiger partial charge is 0.0931 e. The summed E-state index contributed by atoms with van der Waals surface area (Å²) >= 11 is 7.42.